The molecule has 0 saturated carbocycles. The summed E-state index contributed by atoms with van der Waals surface area (Å²) in [7, 11) is 1.19. The highest BCUT2D eigenvalue weighted by Gasteiger charge is 2.23. The van der Waals surface area contributed by atoms with Crippen LogP contribution in [0, 0.1) is 0 Å². The predicted molar refractivity (Wildman–Crippen MR) is 69.9 cm³/mol. The number of amides is 1. The third kappa shape index (κ3) is 2.65. The number of ether oxygens (including phenoxy) is 1. The summed E-state index contributed by atoms with van der Waals surface area (Å²) < 4.78 is 4.45. The first-order chi connectivity index (χ1) is 9.13. The fourth-order valence-electron chi connectivity index (χ4n) is 1.95. The molecule has 98 valence electrons. The standard InChI is InChI=1S/C14H13NO4/c1-19-14(18)15-12(13(16)17)11-8-4-6-9-5-2-3-7-10(9)11/h2-8,12H,1H3,(H,15,18)(H,16,17)/t12-/m1/s1. The number of nitrogens with one attached hydrogen (secondary N) is 1. The van der Waals surface area contributed by atoms with Crippen LogP contribution in [0.25, 0.3) is 10.8 Å². The van der Waals surface area contributed by atoms with Crippen LogP contribution in [0.1, 0.15) is 11.6 Å². The van der Waals surface area contributed by atoms with Crippen LogP contribution in [0.5, 0.6) is 0 Å². The Kier molecular flexibility index (Phi) is 3.66. The number of carboxylic acid groups (broad SMARTS) is 1. The lowest BCUT2D eigenvalue weighted by atomic mass is 9.99. The minimum atomic E-state index is -1.14. The lowest BCUT2D eigenvalue weighted by molar-refractivity contribution is -0.139. The van der Waals surface area contributed by atoms with Crippen LogP contribution < -0.4 is 5.32 Å². The number of carbonyl (C=O) groups excluding carboxylic acids is 1. The van der Waals surface area contributed by atoms with E-state index in [-0.39, 0.29) is 0 Å². The van der Waals surface area contributed by atoms with Gasteiger partial charge in [0.1, 0.15) is 0 Å². The first-order valence-corrected chi connectivity index (χ1v) is 5.68. The lowest BCUT2D eigenvalue weighted by Gasteiger charge is -2.16. The van der Waals surface area contributed by atoms with Crippen molar-refractivity contribution >= 4 is 22.8 Å². The van der Waals surface area contributed by atoms with Gasteiger partial charge in [0.25, 0.3) is 0 Å². The zero-order chi connectivity index (χ0) is 13.8. The van der Waals surface area contributed by atoms with E-state index < -0.39 is 18.1 Å². The van der Waals surface area contributed by atoms with Gasteiger partial charge in [-0.15, -0.1) is 0 Å². The Morgan fingerprint density at radius 1 is 1.16 bits per heavy atom. The number of aliphatic carboxylic acids is 1. The molecule has 0 spiro atoms. The summed E-state index contributed by atoms with van der Waals surface area (Å²) in [6.07, 6.45) is -0.777. The Bertz CT molecular complexity index is 618. The highest BCUT2D eigenvalue weighted by molar-refractivity contribution is 5.92. The van der Waals surface area contributed by atoms with Gasteiger partial charge in [-0.05, 0) is 16.3 Å². The van der Waals surface area contributed by atoms with Crippen LogP contribution in [0.2, 0.25) is 0 Å². The molecule has 2 aromatic carbocycles. The van der Waals surface area contributed by atoms with Crippen LogP contribution in [0.3, 0.4) is 0 Å². The number of hydrogen-bond acceptors (Lipinski definition) is 3. The second-order valence-corrected chi connectivity index (χ2v) is 3.98. The van der Waals surface area contributed by atoms with E-state index in [4.69, 9.17) is 0 Å². The number of fused-ring (bicyclic) bond motifs is 1. The van der Waals surface area contributed by atoms with Crippen molar-refractivity contribution in [3.8, 4) is 0 Å². The second kappa shape index (κ2) is 5.39. The molecule has 0 aromatic heterocycles. The maximum atomic E-state index is 11.3. The normalized spacial score (nSPS) is 11.8. The van der Waals surface area contributed by atoms with Crippen LogP contribution >= 0.6 is 0 Å². The van der Waals surface area contributed by atoms with Crippen molar-refractivity contribution in [3.63, 3.8) is 0 Å². The Balaban J connectivity index is 2.50. The van der Waals surface area contributed by atoms with E-state index in [0.29, 0.717) is 5.56 Å². The van der Waals surface area contributed by atoms with Gasteiger partial charge < -0.3 is 15.2 Å². The molecule has 0 heterocycles. The fraction of sp³-hybridized carbons (Fsp3) is 0.143. The molecule has 1 amide bonds. The van der Waals surface area contributed by atoms with Gasteiger partial charge in [-0.2, -0.15) is 0 Å². The van der Waals surface area contributed by atoms with Gasteiger partial charge in [-0.1, -0.05) is 42.5 Å². The largest absolute Gasteiger partial charge is 0.479 e. The average molecular weight is 259 g/mol. The third-order valence-electron chi connectivity index (χ3n) is 2.83. The van der Waals surface area contributed by atoms with Crippen molar-refractivity contribution in [2.45, 2.75) is 6.04 Å². The minimum absolute atomic E-state index is 0.524. The zero-order valence-electron chi connectivity index (χ0n) is 10.3. The highest BCUT2D eigenvalue weighted by Crippen LogP contribution is 2.24. The predicted octanol–water partition coefficient (Wildman–Crippen LogP) is 2.32. The molecule has 2 rings (SSSR count). The van der Waals surface area contributed by atoms with Gasteiger partial charge >= 0.3 is 12.1 Å². The van der Waals surface area contributed by atoms with Gasteiger partial charge in [0.2, 0.25) is 0 Å². The fourth-order valence-corrected chi connectivity index (χ4v) is 1.95. The van der Waals surface area contributed by atoms with E-state index >= 15 is 0 Å². The molecule has 1 atom stereocenters. The van der Waals surface area contributed by atoms with E-state index in [1.54, 1.807) is 12.1 Å². The van der Waals surface area contributed by atoms with E-state index in [1.165, 1.54) is 7.11 Å². The van der Waals surface area contributed by atoms with Crippen molar-refractivity contribution in [2.75, 3.05) is 7.11 Å². The molecule has 5 nitrogen and oxygen atoms in total. The van der Waals surface area contributed by atoms with Crippen molar-refractivity contribution < 1.29 is 19.4 Å². The molecule has 0 saturated heterocycles. The summed E-state index contributed by atoms with van der Waals surface area (Å²) in [5, 5.41) is 13.3. The SMILES string of the molecule is COC(=O)N[C@@H](C(=O)O)c1cccc2ccccc12. The maximum Gasteiger partial charge on any atom is 0.407 e. The second-order valence-electron chi connectivity index (χ2n) is 3.98. The lowest BCUT2D eigenvalue weighted by Crippen LogP contribution is -2.33. The molecule has 19 heavy (non-hydrogen) atoms. The van der Waals surface area contributed by atoms with E-state index in [2.05, 4.69) is 10.1 Å². The summed E-state index contributed by atoms with van der Waals surface area (Å²) in [5.74, 6) is -1.14. The summed E-state index contributed by atoms with van der Waals surface area (Å²) in [6, 6.07) is 11.6. The summed E-state index contributed by atoms with van der Waals surface area (Å²) >= 11 is 0. The van der Waals surface area contributed by atoms with Crippen molar-refractivity contribution in [2.24, 2.45) is 0 Å². The number of methoxy groups -OCH3 is 1. The Labute approximate surface area is 109 Å². The molecule has 2 N–H and O–H groups in total. The zero-order valence-corrected chi connectivity index (χ0v) is 10.3. The monoisotopic (exact) mass is 259 g/mol. The number of carboxylic acids is 1. The molecule has 5 heteroatoms. The van der Waals surface area contributed by atoms with Crippen LogP contribution in [0.15, 0.2) is 42.5 Å². The maximum absolute atomic E-state index is 11.3. The van der Waals surface area contributed by atoms with Gasteiger partial charge in [-0.25, -0.2) is 9.59 Å². The minimum Gasteiger partial charge on any atom is -0.479 e. The quantitative estimate of drug-likeness (QED) is 0.887. The smallest absolute Gasteiger partial charge is 0.407 e. The molecular weight excluding hydrogens is 246 g/mol. The van der Waals surface area contributed by atoms with Gasteiger partial charge in [0.05, 0.1) is 7.11 Å². The third-order valence-corrected chi connectivity index (χ3v) is 2.83. The average Bonchev–Trinajstić information content (AvgIpc) is 2.43. The summed E-state index contributed by atoms with van der Waals surface area (Å²) in [4.78, 5) is 22.6. The molecule has 0 aliphatic heterocycles. The van der Waals surface area contributed by atoms with Crippen LogP contribution in [-0.4, -0.2) is 24.3 Å². The molecule has 2 aromatic rings. The number of benzene rings is 2. The van der Waals surface area contributed by atoms with E-state index in [9.17, 15) is 14.7 Å². The van der Waals surface area contributed by atoms with Crippen molar-refractivity contribution in [1.29, 1.82) is 0 Å². The number of carbonyl (C=O) groups is 2. The van der Waals surface area contributed by atoms with Gasteiger partial charge in [-0.3, -0.25) is 0 Å². The summed E-state index contributed by atoms with van der Waals surface area (Å²) in [5.41, 5.74) is 0.524. The molecule has 0 radical (unpaired) electrons. The van der Waals surface area contributed by atoms with Gasteiger partial charge in [0.15, 0.2) is 6.04 Å². The molecule has 0 aliphatic carbocycles. The first kappa shape index (κ1) is 12.9. The van der Waals surface area contributed by atoms with Gasteiger partial charge in [0, 0.05) is 0 Å². The van der Waals surface area contributed by atoms with E-state index in [0.717, 1.165) is 10.8 Å². The molecule has 0 bridgehead atoms. The first-order valence-electron chi connectivity index (χ1n) is 5.68. The highest BCUT2D eigenvalue weighted by atomic mass is 16.5. The van der Waals surface area contributed by atoms with Crippen molar-refractivity contribution in [3.05, 3.63) is 48.0 Å². The molecule has 0 unspecified atom stereocenters. The number of hydrogen-bond donors (Lipinski definition) is 2. The van der Waals surface area contributed by atoms with Crippen molar-refractivity contribution in [1.82, 2.24) is 5.32 Å². The van der Waals surface area contributed by atoms with Crippen LogP contribution in [-0.2, 0) is 9.53 Å². The Morgan fingerprint density at radius 2 is 1.84 bits per heavy atom. The Morgan fingerprint density at radius 3 is 2.53 bits per heavy atom. The summed E-state index contributed by atoms with van der Waals surface area (Å²) in [6.45, 7) is 0. The number of alkyl carbamates (subject to hydrolysis) is 1. The van der Waals surface area contributed by atoms with Crippen LogP contribution in [0.4, 0.5) is 4.79 Å². The molecule has 0 aliphatic rings. The molecule has 0 fully saturated rings. The van der Waals surface area contributed by atoms with E-state index in [1.807, 2.05) is 30.3 Å². The topological polar surface area (TPSA) is 75.6 Å². The Hall–Kier alpha value is -2.56. The molecular formula is C14H13NO4. The number of rotatable bonds is 3.